The smallest absolute Gasteiger partial charge is 0.269 e. The molecule has 2 amide bonds. The third-order valence-electron chi connectivity index (χ3n) is 4.64. The van der Waals surface area contributed by atoms with Gasteiger partial charge in [-0.05, 0) is 18.1 Å². The number of ether oxygens (including phenoxy) is 1. The number of carbonyl (C=O) groups is 2. The number of non-ortho nitro benzene ring substituents is 1. The number of methoxy groups -OCH3 is 1. The summed E-state index contributed by atoms with van der Waals surface area (Å²) in [4.78, 5) is 37.1. The molecule has 8 nitrogen and oxygen atoms in total. The summed E-state index contributed by atoms with van der Waals surface area (Å²) in [7, 11) is 1.46. The predicted molar refractivity (Wildman–Crippen MR) is 108 cm³/mol. The van der Waals surface area contributed by atoms with Gasteiger partial charge < -0.3 is 15.0 Å². The van der Waals surface area contributed by atoms with Crippen molar-refractivity contribution in [1.29, 1.82) is 0 Å². The van der Waals surface area contributed by atoms with E-state index in [2.05, 4.69) is 5.32 Å². The quantitative estimate of drug-likeness (QED) is 0.516. The Kier molecular flexibility index (Phi) is 7.85. The van der Waals surface area contributed by atoms with Gasteiger partial charge in [-0.2, -0.15) is 0 Å². The molecule has 2 rings (SSSR count). The molecule has 2 atom stereocenters. The zero-order valence-electron chi connectivity index (χ0n) is 16.7. The number of hydrogen-bond acceptors (Lipinski definition) is 5. The molecule has 0 unspecified atom stereocenters. The van der Waals surface area contributed by atoms with Crippen LogP contribution < -0.4 is 5.32 Å². The average Bonchev–Trinajstić information content (AvgIpc) is 2.72. The van der Waals surface area contributed by atoms with Crippen LogP contribution >= 0.6 is 0 Å². The van der Waals surface area contributed by atoms with Gasteiger partial charge in [-0.15, -0.1) is 0 Å². The fourth-order valence-electron chi connectivity index (χ4n) is 3.14. The number of nitrogens with zero attached hydrogens (tertiary/aromatic N) is 2. The number of benzene rings is 2. The number of amides is 2. The average molecular weight is 399 g/mol. The Bertz CT molecular complexity index is 839. The van der Waals surface area contributed by atoms with Crippen molar-refractivity contribution >= 4 is 17.5 Å². The van der Waals surface area contributed by atoms with Gasteiger partial charge in [-0.1, -0.05) is 42.5 Å². The molecule has 8 heteroatoms. The number of nitro groups is 1. The van der Waals surface area contributed by atoms with Gasteiger partial charge in [0.25, 0.3) is 5.69 Å². The highest BCUT2D eigenvalue weighted by Crippen LogP contribution is 2.25. The topological polar surface area (TPSA) is 102 Å². The summed E-state index contributed by atoms with van der Waals surface area (Å²) in [6.07, 6.45) is 0. The Balaban J connectivity index is 2.21. The van der Waals surface area contributed by atoms with Gasteiger partial charge in [-0.25, -0.2) is 0 Å². The summed E-state index contributed by atoms with van der Waals surface area (Å²) >= 11 is 0. The fraction of sp³-hybridized carbons (Fsp3) is 0.333. The molecule has 0 bridgehead atoms. The van der Waals surface area contributed by atoms with Crippen LogP contribution in [0.2, 0.25) is 0 Å². The van der Waals surface area contributed by atoms with E-state index in [1.165, 1.54) is 31.1 Å². The fourth-order valence-corrected chi connectivity index (χ4v) is 3.14. The van der Waals surface area contributed by atoms with Crippen LogP contribution in [0.4, 0.5) is 5.69 Å². The van der Waals surface area contributed by atoms with Crippen LogP contribution in [0, 0.1) is 10.1 Å². The van der Waals surface area contributed by atoms with Crippen molar-refractivity contribution in [1.82, 2.24) is 10.2 Å². The van der Waals surface area contributed by atoms with Gasteiger partial charge in [0, 0.05) is 32.7 Å². The summed E-state index contributed by atoms with van der Waals surface area (Å²) in [5.41, 5.74) is 1.59. The molecular formula is C21H25N3O5. The summed E-state index contributed by atoms with van der Waals surface area (Å²) < 4.78 is 5.20. The number of carbonyl (C=O) groups excluding carboxylic acids is 2. The highest BCUT2D eigenvalue weighted by atomic mass is 16.6. The molecule has 0 aromatic heterocycles. The molecule has 0 aliphatic carbocycles. The summed E-state index contributed by atoms with van der Waals surface area (Å²) in [5, 5.41) is 13.7. The van der Waals surface area contributed by atoms with Crippen LogP contribution in [0.15, 0.2) is 54.6 Å². The predicted octanol–water partition coefficient (Wildman–Crippen LogP) is 2.84. The van der Waals surface area contributed by atoms with Gasteiger partial charge in [0.1, 0.15) is 6.04 Å². The second-order valence-corrected chi connectivity index (χ2v) is 6.63. The Morgan fingerprint density at radius 3 is 2.28 bits per heavy atom. The van der Waals surface area contributed by atoms with Gasteiger partial charge in [0.2, 0.25) is 11.8 Å². The minimum Gasteiger partial charge on any atom is -0.382 e. The highest BCUT2D eigenvalue weighted by Gasteiger charge is 2.32. The number of nitro benzene ring substituents is 1. The highest BCUT2D eigenvalue weighted by molar-refractivity contribution is 5.87. The molecular weight excluding hydrogens is 374 g/mol. The van der Waals surface area contributed by atoms with Crippen LogP contribution in [0.3, 0.4) is 0 Å². The normalized spacial score (nSPS) is 12.7. The van der Waals surface area contributed by atoms with Crippen molar-refractivity contribution < 1.29 is 19.2 Å². The molecule has 1 N–H and O–H groups in total. The SMILES string of the molecule is COC[C@H](C(=O)NCc1ccccc1)N(C(C)=O)[C@@H](C)c1ccc([N+](=O)[O-])cc1. The van der Waals surface area contributed by atoms with Crippen molar-refractivity contribution in [3.63, 3.8) is 0 Å². The Morgan fingerprint density at radius 2 is 1.76 bits per heavy atom. The van der Waals surface area contributed by atoms with Crippen molar-refractivity contribution in [3.05, 3.63) is 75.8 Å². The van der Waals surface area contributed by atoms with Crippen LogP contribution in [-0.4, -0.2) is 41.4 Å². The van der Waals surface area contributed by atoms with E-state index < -0.39 is 17.0 Å². The first-order chi connectivity index (χ1) is 13.8. The molecule has 0 saturated heterocycles. The van der Waals surface area contributed by atoms with Gasteiger partial charge >= 0.3 is 0 Å². The molecule has 154 valence electrons. The lowest BCUT2D eigenvalue weighted by Crippen LogP contribution is -2.52. The van der Waals surface area contributed by atoms with Crippen LogP contribution in [0.1, 0.15) is 31.0 Å². The Hall–Kier alpha value is -3.26. The first-order valence-electron chi connectivity index (χ1n) is 9.19. The summed E-state index contributed by atoms with van der Waals surface area (Å²) in [6, 6.07) is 14.1. The third kappa shape index (κ3) is 5.86. The number of nitrogens with one attached hydrogen (secondary N) is 1. The van der Waals surface area contributed by atoms with Crippen molar-refractivity contribution in [3.8, 4) is 0 Å². The molecule has 0 radical (unpaired) electrons. The monoisotopic (exact) mass is 399 g/mol. The molecule has 2 aromatic carbocycles. The summed E-state index contributed by atoms with van der Waals surface area (Å²) in [5.74, 6) is -0.632. The maximum Gasteiger partial charge on any atom is 0.269 e. The van der Waals surface area contributed by atoms with Crippen molar-refractivity contribution in [2.24, 2.45) is 0 Å². The minimum atomic E-state index is -0.841. The molecule has 29 heavy (non-hydrogen) atoms. The van der Waals surface area contributed by atoms with Crippen molar-refractivity contribution in [2.75, 3.05) is 13.7 Å². The molecule has 2 aromatic rings. The molecule has 0 aliphatic rings. The first-order valence-corrected chi connectivity index (χ1v) is 9.19. The summed E-state index contributed by atoms with van der Waals surface area (Å²) in [6.45, 7) is 3.51. The Labute approximate surface area is 169 Å². The second kappa shape index (κ2) is 10.3. The lowest BCUT2D eigenvalue weighted by Gasteiger charge is -2.35. The molecule has 0 fully saturated rings. The third-order valence-corrected chi connectivity index (χ3v) is 4.64. The number of hydrogen-bond donors (Lipinski definition) is 1. The largest absolute Gasteiger partial charge is 0.382 e. The van der Waals surface area contributed by atoms with E-state index in [1.807, 2.05) is 30.3 Å². The van der Waals surface area contributed by atoms with Gasteiger partial charge in [0.15, 0.2) is 0 Å². The van der Waals surface area contributed by atoms with Crippen molar-refractivity contribution in [2.45, 2.75) is 32.5 Å². The van der Waals surface area contributed by atoms with Gasteiger partial charge in [-0.3, -0.25) is 19.7 Å². The standard InChI is InChI=1S/C21H25N3O5/c1-15(18-9-11-19(12-10-18)24(27)28)23(16(2)25)20(14-29-3)21(26)22-13-17-7-5-4-6-8-17/h4-12,15,20H,13-14H2,1-3H3,(H,22,26)/t15-,20+/m0/s1. The Morgan fingerprint density at radius 1 is 1.14 bits per heavy atom. The van der Waals surface area contributed by atoms with E-state index in [0.29, 0.717) is 12.1 Å². The lowest BCUT2D eigenvalue weighted by atomic mass is 10.0. The molecule has 0 spiro atoms. The maximum absolute atomic E-state index is 12.9. The van der Waals surface area contributed by atoms with Crippen LogP contribution in [-0.2, 0) is 20.9 Å². The second-order valence-electron chi connectivity index (χ2n) is 6.63. The molecule has 0 heterocycles. The zero-order valence-corrected chi connectivity index (χ0v) is 16.7. The van der Waals surface area contributed by atoms with E-state index in [0.717, 1.165) is 5.56 Å². The number of rotatable bonds is 9. The minimum absolute atomic E-state index is 0.0253. The van der Waals surface area contributed by atoms with E-state index in [4.69, 9.17) is 4.74 Å². The van der Waals surface area contributed by atoms with E-state index in [9.17, 15) is 19.7 Å². The first kappa shape index (κ1) is 22.0. The molecule has 0 aliphatic heterocycles. The lowest BCUT2D eigenvalue weighted by molar-refractivity contribution is -0.384. The maximum atomic E-state index is 12.9. The van der Waals surface area contributed by atoms with Crippen LogP contribution in [0.25, 0.3) is 0 Å². The van der Waals surface area contributed by atoms with Gasteiger partial charge in [0.05, 0.1) is 17.6 Å². The molecule has 0 saturated carbocycles. The van der Waals surface area contributed by atoms with E-state index in [-0.39, 0.29) is 24.1 Å². The van der Waals surface area contributed by atoms with E-state index >= 15 is 0 Å². The zero-order chi connectivity index (χ0) is 21.4. The van der Waals surface area contributed by atoms with E-state index in [1.54, 1.807) is 19.1 Å². The van der Waals surface area contributed by atoms with Crippen LogP contribution in [0.5, 0.6) is 0 Å².